The molecule has 0 aromatic carbocycles. The Morgan fingerprint density at radius 1 is 0.853 bits per heavy atom. The van der Waals surface area contributed by atoms with Gasteiger partial charge in [-0.2, -0.15) is 0 Å². The number of ether oxygens (including phenoxy) is 1. The molecule has 196 valence electrons. The third-order valence-electron chi connectivity index (χ3n) is 7.14. The van der Waals surface area contributed by atoms with Gasteiger partial charge in [0.2, 0.25) is 0 Å². The molecule has 0 aliphatic heterocycles. The van der Waals surface area contributed by atoms with Crippen molar-refractivity contribution < 1.29 is 9.53 Å². The average molecular weight is 475 g/mol. The number of hydrogen-bond acceptors (Lipinski definition) is 4. The topological polar surface area (TPSA) is 42.4 Å². The van der Waals surface area contributed by atoms with Crippen LogP contribution in [0.2, 0.25) is 0 Å². The van der Waals surface area contributed by atoms with Crippen LogP contribution in [-0.2, 0) is 11.2 Å². The minimum atomic E-state index is -0.285. The normalized spacial score (nSPS) is 12.3. The van der Waals surface area contributed by atoms with Crippen molar-refractivity contribution in [2.45, 2.75) is 143 Å². The predicted molar refractivity (Wildman–Crippen MR) is 146 cm³/mol. The van der Waals surface area contributed by atoms with E-state index in [1.807, 2.05) is 20.0 Å². The Kier molecular flexibility index (Phi) is 17.0. The highest BCUT2D eigenvalue weighted by Crippen LogP contribution is 2.27. The van der Waals surface area contributed by atoms with Crippen LogP contribution in [0.3, 0.4) is 0 Å². The summed E-state index contributed by atoms with van der Waals surface area (Å²) in [6.45, 7) is 7.68. The summed E-state index contributed by atoms with van der Waals surface area (Å²) in [6, 6.07) is 0.482. The number of nitrogens with zero attached hydrogens (tertiary/aromatic N) is 2. The summed E-state index contributed by atoms with van der Waals surface area (Å²) in [7, 11) is 4.33. The second-order valence-corrected chi connectivity index (χ2v) is 10.5. The smallest absolute Gasteiger partial charge is 0.308 e. The van der Waals surface area contributed by atoms with E-state index in [1.54, 1.807) is 0 Å². The van der Waals surface area contributed by atoms with Crippen LogP contribution in [0, 0.1) is 13.8 Å². The third kappa shape index (κ3) is 13.5. The van der Waals surface area contributed by atoms with Gasteiger partial charge in [-0.15, -0.1) is 0 Å². The van der Waals surface area contributed by atoms with Crippen LogP contribution in [-0.4, -0.2) is 36.0 Å². The van der Waals surface area contributed by atoms with E-state index >= 15 is 0 Å². The van der Waals surface area contributed by atoms with Crippen LogP contribution in [0.4, 0.5) is 0 Å². The van der Waals surface area contributed by atoms with E-state index in [1.165, 1.54) is 115 Å². The maximum atomic E-state index is 11.5. The molecule has 0 amide bonds. The number of aromatic nitrogens is 1. The van der Waals surface area contributed by atoms with Crippen LogP contribution in [0.1, 0.15) is 133 Å². The molecule has 0 N–H and O–H groups in total. The summed E-state index contributed by atoms with van der Waals surface area (Å²) in [5.41, 5.74) is 3.01. The minimum absolute atomic E-state index is 0.285. The number of likely N-dealkylation sites (N-methyl/N-ethyl adjacent to an activating group) is 1. The molecule has 1 atom stereocenters. The van der Waals surface area contributed by atoms with E-state index in [4.69, 9.17) is 4.74 Å². The monoisotopic (exact) mass is 474 g/mol. The van der Waals surface area contributed by atoms with E-state index < -0.39 is 0 Å². The Balaban J connectivity index is 2.20. The SMILES string of the molecule is CCCCCCCCCCCCCCCCCC(Cc1cnc(C)c(OC(C)=O)c1C)N(C)C. The largest absolute Gasteiger partial charge is 0.424 e. The highest BCUT2D eigenvalue weighted by Gasteiger charge is 2.17. The van der Waals surface area contributed by atoms with Gasteiger partial charge in [-0.25, -0.2) is 0 Å². The van der Waals surface area contributed by atoms with Crippen LogP contribution < -0.4 is 4.74 Å². The van der Waals surface area contributed by atoms with Gasteiger partial charge in [-0.05, 0) is 51.9 Å². The lowest BCUT2D eigenvalue weighted by Crippen LogP contribution is -2.30. The second kappa shape index (κ2) is 18.9. The standard InChI is InChI=1S/C30H54N2O2/c1-7-8-9-10-11-12-13-14-15-16-17-18-19-20-21-22-29(32(5)6)23-28-24-31-26(3)30(25(28)2)34-27(4)33/h24,29H,7-23H2,1-6H3. The van der Waals surface area contributed by atoms with Gasteiger partial charge >= 0.3 is 5.97 Å². The number of esters is 1. The Labute approximate surface area is 211 Å². The quantitative estimate of drug-likeness (QED) is 0.141. The minimum Gasteiger partial charge on any atom is -0.424 e. The maximum Gasteiger partial charge on any atom is 0.308 e. The summed E-state index contributed by atoms with van der Waals surface area (Å²) in [5.74, 6) is 0.349. The van der Waals surface area contributed by atoms with Crippen molar-refractivity contribution in [1.29, 1.82) is 0 Å². The number of aryl methyl sites for hydroxylation is 1. The first-order valence-electron chi connectivity index (χ1n) is 14.2. The van der Waals surface area contributed by atoms with Crippen molar-refractivity contribution in [1.82, 2.24) is 9.88 Å². The molecule has 0 aliphatic carbocycles. The van der Waals surface area contributed by atoms with E-state index in [0.717, 1.165) is 17.7 Å². The Morgan fingerprint density at radius 3 is 1.76 bits per heavy atom. The zero-order valence-electron chi connectivity index (χ0n) is 23.4. The first-order valence-corrected chi connectivity index (χ1v) is 14.2. The van der Waals surface area contributed by atoms with Crippen LogP contribution in [0.5, 0.6) is 5.75 Å². The van der Waals surface area contributed by atoms with Crippen molar-refractivity contribution in [3.05, 3.63) is 23.0 Å². The molecule has 0 fully saturated rings. The summed E-state index contributed by atoms with van der Waals surface area (Å²) < 4.78 is 5.43. The van der Waals surface area contributed by atoms with Crippen LogP contribution in [0.25, 0.3) is 0 Å². The fourth-order valence-electron chi connectivity index (χ4n) is 4.80. The van der Waals surface area contributed by atoms with Crippen molar-refractivity contribution >= 4 is 5.97 Å². The maximum absolute atomic E-state index is 11.5. The van der Waals surface area contributed by atoms with Gasteiger partial charge < -0.3 is 9.64 Å². The molecule has 1 heterocycles. The number of unbranched alkanes of at least 4 members (excludes halogenated alkanes) is 14. The predicted octanol–water partition coefficient (Wildman–Crippen LogP) is 8.36. The van der Waals surface area contributed by atoms with Gasteiger partial charge in [0, 0.05) is 19.2 Å². The number of carbonyl (C=O) groups is 1. The Hall–Kier alpha value is -1.42. The molecule has 0 bridgehead atoms. The Bertz CT molecular complexity index is 672. The molecule has 1 aromatic heterocycles. The van der Waals surface area contributed by atoms with Gasteiger partial charge in [-0.1, -0.05) is 103 Å². The molecule has 0 saturated heterocycles. The van der Waals surface area contributed by atoms with Gasteiger partial charge in [0.15, 0.2) is 5.75 Å². The number of rotatable bonds is 20. The van der Waals surface area contributed by atoms with Gasteiger partial charge in [0.1, 0.15) is 0 Å². The lowest BCUT2D eigenvalue weighted by molar-refractivity contribution is -0.132. The van der Waals surface area contributed by atoms with E-state index in [-0.39, 0.29) is 5.97 Å². The number of hydrogen-bond donors (Lipinski definition) is 0. The molecule has 34 heavy (non-hydrogen) atoms. The molecule has 1 rings (SSSR count). The first-order chi connectivity index (χ1) is 16.4. The fraction of sp³-hybridized carbons (Fsp3) is 0.800. The molecular weight excluding hydrogens is 420 g/mol. The lowest BCUT2D eigenvalue weighted by atomic mass is 9.96. The van der Waals surface area contributed by atoms with Gasteiger partial charge in [0.05, 0.1) is 5.69 Å². The summed E-state index contributed by atoms with van der Waals surface area (Å²) in [5, 5.41) is 0. The molecule has 4 heteroatoms. The molecule has 1 aromatic rings. The van der Waals surface area contributed by atoms with Gasteiger partial charge in [-0.3, -0.25) is 9.78 Å². The summed E-state index contributed by atoms with van der Waals surface area (Å²) in [4.78, 5) is 18.3. The first kappa shape index (κ1) is 30.6. The zero-order chi connectivity index (χ0) is 25.2. The van der Waals surface area contributed by atoms with Crippen molar-refractivity contribution in [2.75, 3.05) is 14.1 Å². The summed E-state index contributed by atoms with van der Waals surface area (Å²) in [6.07, 6.45) is 25.1. The van der Waals surface area contributed by atoms with E-state index in [9.17, 15) is 4.79 Å². The average Bonchev–Trinajstić information content (AvgIpc) is 2.79. The highest BCUT2D eigenvalue weighted by atomic mass is 16.5. The molecular formula is C30H54N2O2. The zero-order valence-corrected chi connectivity index (χ0v) is 23.4. The second-order valence-electron chi connectivity index (χ2n) is 10.5. The van der Waals surface area contributed by atoms with E-state index in [0.29, 0.717) is 11.8 Å². The van der Waals surface area contributed by atoms with Crippen molar-refractivity contribution in [2.24, 2.45) is 0 Å². The molecule has 1 unspecified atom stereocenters. The number of carbonyl (C=O) groups excluding carboxylic acids is 1. The van der Waals surface area contributed by atoms with Gasteiger partial charge in [0.25, 0.3) is 0 Å². The molecule has 0 radical (unpaired) electrons. The highest BCUT2D eigenvalue weighted by molar-refractivity contribution is 5.70. The van der Waals surface area contributed by atoms with Crippen molar-refractivity contribution in [3.8, 4) is 5.75 Å². The summed E-state index contributed by atoms with van der Waals surface area (Å²) >= 11 is 0. The number of pyridine rings is 1. The molecule has 0 saturated carbocycles. The van der Waals surface area contributed by atoms with E-state index in [2.05, 4.69) is 30.9 Å². The third-order valence-corrected chi connectivity index (χ3v) is 7.14. The Morgan fingerprint density at radius 2 is 1.32 bits per heavy atom. The molecule has 4 nitrogen and oxygen atoms in total. The lowest BCUT2D eigenvalue weighted by Gasteiger charge is -2.25. The fourth-order valence-corrected chi connectivity index (χ4v) is 4.80. The van der Waals surface area contributed by atoms with Crippen LogP contribution >= 0.6 is 0 Å². The van der Waals surface area contributed by atoms with Crippen LogP contribution in [0.15, 0.2) is 6.20 Å². The molecule has 0 spiro atoms. The molecule has 0 aliphatic rings. The van der Waals surface area contributed by atoms with Crippen molar-refractivity contribution in [3.63, 3.8) is 0 Å².